The van der Waals surface area contributed by atoms with Crippen molar-refractivity contribution in [1.29, 1.82) is 0 Å². The summed E-state index contributed by atoms with van der Waals surface area (Å²) in [6, 6.07) is 0. The van der Waals surface area contributed by atoms with Gasteiger partial charge in [0, 0.05) is 5.25 Å². The van der Waals surface area contributed by atoms with E-state index >= 15 is 0 Å². The molecule has 0 radical (unpaired) electrons. The van der Waals surface area contributed by atoms with E-state index in [1.807, 2.05) is 10.8 Å². The first kappa shape index (κ1) is 9.97. The van der Waals surface area contributed by atoms with Crippen molar-refractivity contribution in [1.82, 2.24) is 0 Å². The molecule has 2 heteroatoms. The van der Waals surface area contributed by atoms with Crippen LogP contribution in [-0.4, -0.2) is 5.25 Å². The topological polar surface area (TPSA) is 0 Å². The normalized spacial score (nSPS) is 30.5. The average Bonchev–Trinajstić information content (AvgIpc) is 2.67. The average molecular weight is 214 g/mol. The highest BCUT2D eigenvalue weighted by Gasteiger charge is 2.29. The second kappa shape index (κ2) is 4.79. The Morgan fingerprint density at radius 2 is 2.08 bits per heavy atom. The molecule has 1 fully saturated rings. The highest BCUT2D eigenvalue weighted by Crippen LogP contribution is 2.48. The Labute approximate surface area is 89.3 Å². The Morgan fingerprint density at radius 1 is 1.31 bits per heavy atom. The van der Waals surface area contributed by atoms with Crippen LogP contribution >= 0.6 is 21.6 Å². The van der Waals surface area contributed by atoms with Gasteiger partial charge in [0.1, 0.15) is 0 Å². The lowest BCUT2D eigenvalue weighted by Gasteiger charge is -2.27. The molecule has 74 valence electrons. The van der Waals surface area contributed by atoms with E-state index in [2.05, 4.69) is 23.1 Å². The zero-order valence-corrected chi connectivity index (χ0v) is 9.92. The van der Waals surface area contributed by atoms with Gasteiger partial charge in [0.25, 0.3) is 0 Å². The molecule has 1 aliphatic heterocycles. The Balaban J connectivity index is 1.95. The van der Waals surface area contributed by atoms with Gasteiger partial charge in [0.05, 0.1) is 0 Å². The first-order chi connectivity index (χ1) is 6.42. The molecule has 2 aliphatic rings. The minimum Gasteiger partial charge on any atom is -0.0813 e. The van der Waals surface area contributed by atoms with Gasteiger partial charge < -0.3 is 0 Å². The zero-order valence-electron chi connectivity index (χ0n) is 8.29. The van der Waals surface area contributed by atoms with Crippen LogP contribution in [0.5, 0.6) is 0 Å². The molecule has 1 atom stereocenters. The first-order valence-electron chi connectivity index (χ1n) is 5.43. The molecule has 1 aliphatic carbocycles. The van der Waals surface area contributed by atoms with Crippen LogP contribution in [0.1, 0.15) is 45.4 Å². The highest BCUT2D eigenvalue weighted by atomic mass is 33.1. The summed E-state index contributed by atoms with van der Waals surface area (Å²) in [4.78, 5) is 0. The van der Waals surface area contributed by atoms with E-state index in [4.69, 9.17) is 0 Å². The van der Waals surface area contributed by atoms with E-state index < -0.39 is 0 Å². The van der Waals surface area contributed by atoms with Crippen molar-refractivity contribution in [2.45, 2.75) is 50.7 Å². The molecular weight excluding hydrogens is 196 g/mol. The van der Waals surface area contributed by atoms with Crippen LogP contribution in [0.25, 0.3) is 0 Å². The Morgan fingerprint density at radius 3 is 2.77 bits per heavy atom. The number of hydrogen-bond donors (Lipinski definition) is 0. The third-order valence-electron chi connectivity index (χ3n) is 3.21. The van der Waals surface area contributed by atoms with Gasteiger partial charge >= 0.3 is 0 Å². The maximum absolute atomic E-state index is 2.39. The fourth-order valence-corrected chi connectivity index (χ4v) is 5.61. The summed E-state index contributed by atoms with van der Waals surface area (Å²) < 4.78 is 0. The maximum Gasteiger partial charge on any atom is 0.0400 e. The molecular formula is C11H18S2. The quantitative estimate of drug-likeness (QED) is 0.615. The molecule has 0 aromatic rings. The molecule has 0 saturated heterocycles. The largest absolute Gasteiger partial charge is 0.0813 e. The van der Waals surface area contributed by atoms with Crippen molar-refractivity contribution < 1.29 is 0 Å². The lowest BCUT2D eigenvalue weighted by Crippen LogP contribution is -2.19. The predicted molar refractivity (Wildman–Crippen MR) is 63.9 cm³/mol. The molecule has 1 unspecified atom stereocenters. The van der Waals surface area contributed by atoms with Gasteiger partial charge in [-0.3, -0.25) is 0 Å². The Kier molecular flexibility index (Phi) is 3.67. The van der Waals surface area contributed by atoms with Crippen molar-refractivity contribution in [3.05, 3.63) is 11.0 Å². The second-order valence-electron chi connectivity index (χ2n) is 4.06. The molecule has 0 N–H and O–H groups in total. The molecule has 0 spiro atoms. The summed E-state index contributed by atoms with van der Waals surface area (Å²) in [5.41, 5.74) is 1.71. The van der Waals surface area contributed by atoms with E-state index in [1.54, 1.807) is 5.57 Å². The van der Waals surface area contributed by atoms with Crippen LogP contribution in [0.4, 0.5) is 0 Å². The molecule has 0 aromatic carbocycles. The standard InChI is InChI=1S/C11H18S2/c1-2-9-8-12-13-11(9)10-6-4-3-5-7-10/h8,10-11H,2-7H2,1H3. The number of rotatable bonds is 2. The lowest BCUT2D eigenvalue weighted by atomic mass is 9.84. The van der Waals surface area contributed by atoms with E-state index in [0.29, 0.717) is 0 Å². The van der Waals surface area contributed by atoms with Crippen LogP contribution < -0.4 is 0 Å². The molecule has 0 aromatic heterocycles. The fourth-order valence-electron chi connectivity index (χ4n) is 2.38. The monoisotopic (exact) mass is 214 g/mol. The lowest BCUT2D eigenvalue weighted by molar-refractivity contribution is 0.362. The van der Waals surface area contributed by atoms with Crippen molar-refractivity contribution in [2.24, 2.45) is 5.92 Å². The van der Waals surface area contributed by atoms with E-state index in [0.717, 1.165) is 11.2 Å². The first-order valence-corrected chi connectivity index (χ1v) is 7.70. The van der Waals surface area contributed by atoms with Crippen molar-refractivity contribution >= 4 is 21.6 Å². The minimum absolute atomic E-state index is 0.871. The third kappa shape index (κ3) is 2.27. The van der Waals surface area contributed by atoms with Crippen LogP contribution in [0, 0.1) is 5.92 Å². The van der Waals surface area contributed by atoms with Crippen LogP contribution in [0.3, 0.4) is 0 Å². The summed E-state index contributed by atoms with van der Waals surface area (Å²) in [6.45, 7) is 2.30. The Bertz CT molecular complexity index is 192. The van der Waals surface area contributed by atoms with E-state index in [-0.39, 0.29) is 0 Å². The van der Waals surface area contributed by atoms with Crippen molar-refractivity contribution in [3.8, 4) is 0 Å². The van der Waals surface area contributed by atoms with Crippen LogP contribution in [-0.2, 0) is 0 Å². The van der Waals surface area contributed by atoms with Gasteiger partial charge in [-0.2, -0.15) is 0 Å². The number of hydrogen-bond acceptors (Lipinski definition) is 2. The second-order valence-corrected chi connectivity index (χ2v) is 6.34. The van der Waals surface area contributed by atoms with Crippen LogP contribution in [0.15, 0.2) is 11.0 Å². The van der Waals surface area contributed by atoms with Gasteiger partial charge in [-0.05, 0) is 36.2 Å². The van der Waals surface area contributed by atoms with Gasteiger partial charge in [-0.1, -0.05) is 47.8 Å². The van der Waals surface area contributed by atoms with Gasteiger partial charge in [-0.25, -0.2) is 0 Å². The summed E-state index contributed by atoms with van der Waals surface area (Å²) >= 11 is 0. The molecule has 13 heavy (non-hydrogen) atoms. The van der Waals surface area contributed by atoms with E-state index in [9.17, 15) is 0 Å². The molecule has 2 rings (SSSR count). The van der Waals surface area contributed by atoms with E-state index in [1.165, 1.54) is 38.5 Å². The van der Waals surface area contributed by atoms with Crippen molar-refractivity contribution in [3.63, 3.8) is 0 Å². The Hall–Kier alpha value is 0.440. The smallest absolute Gasteiger partial charge is 0.0400 e. The maximum atomic E-state index is 2.39. The predicted octanol–water partition coefficient (Wildman–Crippen LogP) is 4.62. The van der Waals surface area contributed by atoms with Crippen LogP contribution in [0.2, 0.25) is 0 Å². The molecule has 1 heterocycles. The SMILES string of the molecule is CCC1=CSSC1C1CCCCC1. The minimum atomic E-state index is 0.871. The van der Waals surface area contributed by atoms with Gasteiger partial charge in [0.2, 0.25) is 0 Å². The summed E-state index contributed by atoms with van der Waals surface area (Å²) in [5.74, 6) is 1.000. The summed E-state index contributed by atoms with van der Waals surface area (Å²) in [6.07, 6.45) is 8.66. The molecule has 0 bridgehead atoms. The van der Waals surface area contributed by atoms with Gasteiger partial charge in [0.15, 0.2) is 0 Å². The van der Waals surface area contributed by atoms with Gasteiger partial charge in [-0.15, -0.1) is 0 Å². The molecule has 0 nitrogen and oxygen atoms in total. The third-order valence-corrected chi connectivity index (χ3v) is 5.86. The molecule has 0 amide bonds. The highest BCUT2D eigenvalue weighted by molar-refractivity contribution is 8.78. The summed E-state index contributed by atoms with van der Waals surface area (Å²) in [7, 11) is 4.07. The summed E-state index contributed by atoms with van der Waals surface area (Å²) in [5, 5.41) is 3.26. The van der Waals surface area contributed by atoms with Crippen molar-refractivity contribution in [2.75, 3.05) is 0 Å². The fraction of sp³-hybridized carbons (Fsp3) is 0.818. The zero-order chi connectivity index (χ0) is 9.10. The molecule has 1 saturated carbocycles.